The van der Waals surface area contributed by atoms with E-state index in [9.17, 15) is 19.3 Å². The highest BCUT2D eigenvalue weighted by Gasteiger charge is 2.42. The standard InChI is InChI=1S/C19H22FN3O4S/c1-18(2,3)27-17(24)21-16-22-19(4,12-6-5-7-15(12)28-16)13-10-11(23(25)26)8-9-14(13)20/h8-10H,5-7H2,1-4H3,(H,21,22,24). The summed E-state index contributed by atoms with van der Waals surface area (Å²) in [6.07, 6.45) is 1.76. The molecule has 1 unspecified atom stereocenters. The van der Waals surface area contributed by atoms with Crippen molar-refractivity contribution in [1.82, 2.24) is 5.32 Å². The van der Waals surface area contributed by atoms with Crippen LogP contribution in [0.15, 0.2) is 33.7 Å². The number of nitro groups is 1. The van der Waals surface area contributed by atoms with Crippen LogP contribution in [0.4, 0.5) is 14.9 Å². The van der Waals surface area contributed by atoms with E-state index >= 15 is 0 Å². The molecule has 0 radical (unpaired) electrons. The van der Waals surface area contributed by atoms with Crippen LogP contribution in [0, 0.1) is 15.9 Å². The van der Waals surface area contributed by atoms with Gasteiger partial charge in [0, 0.05) is 17.7 Å². The molecule has 3 rings (SSSR count). The van der Waals surface area contributed by atoms with Crippen LogP contribution in [0.5, 0.6) is 0 Å². The highest BCUT2D eigenvalue weighted by molar-refractivity contribution is 8.17. The van der Waals surface area contributed by atoms with Crippen LogP contribution in [-0.2, 0) is 10.3 Å². The van der Waals surface area contributed by atoms with Crippen LogP contribution in [0.2, 0.25) is 0 Å². The van der Waals surface area contributed by atoms with Crippen LogP contribution in [-0.4, -0.2) is 21.8 Å². The summed E-state index contributed by atoms with van der Waals surface area (Å²) >= 11 is 1.33. The minimum Gasteiger partial charge on any atom is -0.444 e. The number of hydrogen-bond acceptors (Lipinski definition) is 6. The van der Waals surface area contributed by atoms with Gasteiger partial charge in [-0.25, -0.2) is 14.2 Å². The molecule has 28 heavy (non-hydrogen) atoms. The number of nitrogens with zero attached hydrogens (tertiary/aromatic N) is 2. The third kappa shape index (κ3) is 4.04. The van der Waals surface area contributed by atoms with E-state index in [1.54, 1.807) is 27.7 Å². The summed E-state index contributed by atoms with van der Waals surface area (Å²) in [5.74, 6) is -0.570. The smallest absolute Gasteiger partial charge is 0.413 e. The Morgan fingerprint density at radius 3 is 2.75 bits per heavy atom. The van der Waals surface area contributed by atoms with E-state index in [1.165, 1.54) is 17.8 Å². The van der Waals surface area contributed by atoms with Crippen molar-refractivity contribution in [2.75, 3.05) is 0 Å². The maximum Gasteiger partial charge on any atom is 0.413 e. The second-order valence-electron chi connectivity index (χ2n) is 7.89. The van der Waals surface area contributed by atoms with E-state index in [2.05, 4.69) is 10.3 Å². The zero-order valence-electron chi connectivity index (χ0n) is 16.2. The van der Waals surface area contributed by atoms with Gasteiger partial charge >= 0.3 is 6.09 Å². The van der Waals surface area contributed by atoms with Crippen molar-refractivity contribution in [2.45, 2.75) is 58.1 Å². The molecule has 0 saturated carbocycles. The summed E-state index contributed by atoms with van der Waals surface area (Å²) in [5.41, 5.74) is -0.936. The summed E-state index contributed by atoms with van der Waals surface area (Å²) in [6, 6.07) is 3.45. The first-order chi connectivity index (χ1) is 13.0. The van der Waals surface area contributed by atoms with Crippen molar-refractivity contribution in [3.8, 4) is 0 Å². The van der Waals surface area contributed by atoms with Gasteiger partial charge in [-0.1, -0.05) is 11.8 Å². The molecule has 0 saturated heterocycles. The highest BCUT2D eigenvalue weighted by Crippen LogP contribution is 2.50. The van der Waals surface area contributed by atoms with Crippen LogP contribution < -0.4 is 5.32 Å². The minimum absolute atomic E-state index is 0.125. The lowest BCUT2D eigenvalue weighted by Gasteiger charge is -2.33. The third-order valence-electron chi connectivity index (χ3n) is 4.59. The average molecular weight is 407 g/mol. The van der Waals surface area contributed by atoms with Crippen LogP contribution >= 0.6 is 11.8 Å². The lowest BCUT2D eigenvalue weighted by Crippen LogP contribution is -2.38. The molecule has 0 spiro atoms. The maximum atomic E-state index is 14.7. The molecular weight excluding hydrogens is 385 g/mol. The summed E-state index contributed by atoms with van der Waals surface area (Å²) in [7, 11) is 0. The quantitative estimate of drug-likeness (QED) is 0.549. The zero-order chi connectivity index (χ0) is 20.7. The number of amides is 1. The second-order valence-corrected chi connectivity index (χ2v) is 8.98. The normalized spacial score (nSPS) is 21.8. The van der Waals surface area contributed by atoms with E-state index in [0.717, 1.165) is 41.9 Å². The second kappa shape index (κ2) is 7.20. The SMILES string of the molecule is CC(C)(C)OC(=O)NC1=NC(C)(c2cc([N+](=O)[O-])ccc2F)C2=C(CCC2)S1. The van der Waals surface area contributed by atoms with Crippen molar-refractivity contribution in [3.63, 3.8) is 0 Å². The van der Waals surface area contributed by atoms with Gasteiger partial charge in [-0.2, -0.15) is 0 Å². The number of thioether (sulfide) groups is 1. The van der Waals surface area contributed by atoms with E-state index in [1.807, 2.05) is 0 Å². The molecule has 1 aromatic carbocycles. The summed E-state index contributed by atoms with van der Waals surface area (Å²) in [6.45, 7) is 6.99. The number of benzene rings is 1. The Morgan fingerprint density at radius 2 is 2.11 bits per heavy atom. The van der Waals surface area contributed by atoms with Gasteiger partial charge in [0.15, 0.2) is 5.17 Å². The molecule has 1 aliphatic heterocycles. The number of nitrogens with one attached hydrogen (secondary N) is 1. The lowest BCUT2D eigenvalue weighted by molar-refractivity contribution is -0.385. The molecule has 150 valence electrons. The Morgan fingerprint density at radius 1 is 1.39 bits per heavy atom. The van der Waals surface area contributed by atoms with Crippen molar-refractivity contribution in [2.24, 2.45) is 4.99 Å². The Kier molecular flexibility index (Phi) is 5.22. The van der Waals surface area contributed by atoms with Crippen molar-refractivity contribution >= 4 is 28.7 Å². The molecule has 1 atom stereocenters. The zero-order valence-corrected chi connectivity index (χ0v) is 17.0. The van der Waals surface area contributed by atoms with Crippen molar-refractivity contribution < 1.29 is 18.8 Å². The fourth-order valence-corrected chi connectivity index (χ4v) is 4.69. The topological polar surface area (TPSA) is 93.8 Å². The molecule has 2 aliphatic rings. The van der Waals surface area contributed by atoms with Gasteiger partial charge in [-0.05, 0) is 63.5 Å². The lowest BCUT2D eigenvalue weighted by atomic mass is 9.83. The first-order valence-corrected chi connectivity index (χ1v) is 9.76. The van der Waals surface area contributed by atoms with Gasteiger partial charge < -0.3 is 4.74 Å². The van der Waals surface area contributed by atoms with Gasteiger partial charge in [-0.15, -0.1) is 0 Å². The number of halogens is 1. The first-order valence-electron chi connectivity index (χ1n) is 8.94. The molecule has 1 aliphatic carbocycles. The Hall–Kier alpha value is -2.42. The number of alkyl carbamates (subject to hydrolysis) is 1. The molecule has 1 heterocycles. The number of ether oxygens (including phenoxy) is 1. The molecule has 1 N–H and O–H groups in total. The van der Waals surface area contributed by atoms with E-state index < -0.39 is 28.0 Å². The van der Waals surface area contributed by atoms with E-state index in [0.29, 0.717) is 5.17 Å². The van der Waals surface area contributed by atoms with Crippen LogP contribution in [0.3, 0.4) is 0 Å². The molecule has 0 aromatic heterocycles. The first kappa shape index (κ1) is 20.3. The molecule has 1 aromatic rings. The number of aliphatic imine (C=N–C) groups is 1. The van der Waals surface area contributed by atoms with E-state index in [4.69, 9.17) is 4.74 Å². The van der Waals surface area contributed by atoms with Crippen molar-refractivity contribution in [3.05, 3.63) is 50.2 Å². The van der Waals surface area contributed by atoms with Gasteiger partial charge in [-0.3, -0.25) is 15.4 Å². The average Bonchev–Trinajstić information content (AvgIpc) is 3.02. The highest BCUT2D eigenvalue weighted by atomic mass is 32.2. The monoisotopic (exact) mass is 407 g/mol. The van der Waals surface area contributed by atoms with Gasteiger partial charge in [0.2, 0.25) is 0 Å². The number of non-ortho nitro benzene ring substituents is 1. The number of allylic oxidation sites excluding steroid dienone is 1. The van der Waals surface area contributed by atoms with Gasteiger partial charge in [0.25, 0.3) is 5.69 Å². The molecule has 1 amide bonds. The number of nitro benzene ring substituents is 1. The molecular formula is C19H22FN3O4S. The molecule has 0 bridgehead atoms. The number of carbonyl (C=O) groups excluding carboxylic acids is 1. The van der Waals surface area contributed by atoms with E-state index in [-0.39, 0.29) is 11.3 Å². The molecule has 9 heteroatoms. The van der Waals surface area contributed by atoms with Crippen molar-refractivity contribution in [1.29, 1.82) is 0 Å². The van der Waals surface area contributed by atoms with Crippen LogP contribution in [0.1, 0.15) is 52.5 Å². The predicted molar refractivity (Wildman–Crippen MR) is 106 cm³/mol. The maximum absolute atomic E-state index is 14.7. The summed E-state index contributed by atoms with van der Waals surface area (Å²) < 4.78 is 20.0. The summed E-state index contributed by atoms with van der Waals surface area (Å²) in [4.78, 5) is 28.4. The predicted octanol–water partition coefficient (Wildman–Crippen LogP) is 5.01. The Labute approximate surface area is 166 Å². The summed E-state index contributed by atoms with van der Waals surface area (Å²) in [5, 5.41) is 14.1. The number of carbonyl (C=O) groups is 1. The largest absolute Gasteiger partial charge is 0.444 e. The fourth-order valence-electron chi connectivity index (χ4n) is 3.42. The Balaban J connectivity index is 2.02. The number of rotatable bonds is 2. The Bertz CT molecular complexity index is 907. The van der Waals surface area contributed by atoms with Gasteiger partial charge in [0.05, 0.1) is 4.92 Å². The van der Waals surface area contributed by atoms with Gasteiger partial charge in [0.1, 0.15) is 17.0 Å². The number of amidine groups is 1. The molecule has 7 nitrogen and oxygen atoms in total. The minimum atomic E-state index is -1.13. The third-order valence-corrected chi connectivity index (χ3v) is 5.68. The van der Waals surface area contributed by atoms with Crippen LogP contribution in [0.25, 0.3) is 0 Å². The number of hydrogen-bond donors (Lipinski definition) is 1. The molecule has 0 fully saturated rings. The fraction of sp³-hybridized carbons (Fsp3) is 0.474.